The first-order valence-electron chi connectivity index (χ1n) is 8.30. The molecule has 0 atom stereocenters. The molecule has 0 aliphatic rings. The number of carbonyl (C=O) groups is 2. The molecule has 0 radical (unpaired) electrons. The molecule has 0 spiro atoms. The Morgan fingerprint density at radius 2 is 1.74 bits per heavy atom. The molecule has 1 aromatic rings. The maximum atomic E-state index is 12.7. The second-order valence-corrected chi connectivity index (χ2v) is 5.86. The van der Waals surface area contributed by atoms with Gasteiger partial charge < -0.3 is 10.2 Å². The van der Waals surface area contributed by atoms with Gasteiger partial charge in [0.25, 0.3) is 0 Å². The normalized spacial score (nSPS) is 10.9. The fourth-order valence-electron chi connectivity index (χ4n) is 2.36. The van der Waals surface area contributed by atoms with E-state index in [0.717, 1.165) is 5.56 Å². The lowest BCUT2D eigenvalue weighted by molar-refractivity contribution is -0.135. The highest BCUT2D eigenvalue weighted by Gasteiger charge is 2.20. The smallest absolute Gasteiger partial charge is 0.237 e. The molecule has 5 nitrogen and oxygen atoms in total. The Bertz CT molecular complexity index is 488. The molecule has 0 unspecified atom stereocenters. The molecule has 0 aliphatic heterocycles. The molecule has 0 aliphatic carbocycles. The van der Waals surface area contributed by atoms with E-state index in [1.54, 1.807) is 0 Å². The average molecular weight is 319 g/mol. The Morgan fingerprint density at radius 1 is 1.09 bits per heavy atom. The Balaban J connectivity index is 2.67. The molecule has 1 rings (SSSR count). The number of nitrogens with zero attached hydrogens (tertiary/aromatic N) is 2. The van der Waals surface area contributed by atoms with Gasteiger partial charge >= 0.3 is 0 Å². The van der Waals surface area contributed by atoms with Crippen LogP contribution < -0.4 is 5.32 Å². The number of rotatable bonds is 9. The maximum absolute atomic E-state index is 12.7. The van der Waals surface area contributed by atoms with Crippen LogP contribution in [0.2, 0.25) is 0 Å². The summed E-state index contributed by atoms with van der Waals surface area (Å²) in [4.78, 5) is 28.1. The number of nitrogens with one attached hydrogen (secondary N) is 1. The summed E-state index contributed by atoms with van der Waals surface area (Å²) < 4.78 is 0. The van der Waals surface area contributed by atoms with Crippen molar-refractivity contribution in [1.29, 1.82) is 0 Å². The van der Waals surface area contributed by atoms with Crippen molar-refractivity contribution in [3.63, 3.8) is 0 Å². The summed E-state index contributed by atoms with van der Waals surface area (Å²) in [5, 5.41) is 2.77. The quantitative estimate of drug-likeness (QED) is 0.756. The molecule has 2 amide bonds. The first-order valence-corrected chi connectivity index (χ1v) is 8.30. The van der Waals surface area contributed by atoms with Crippen molar-refractivity contribution < 1.29 is 9.59 Å². The van der Waals surface area contributed by atoms with Crippen molar-refractivity contribution in [3.05, 3.63) is 35.9 Å². The molecule has 0 fully saturated rings. The maximum Gasteiger partial charge on any atom is 0.237 e. The van der Waals surface area contributed by atoms with Gasteiger partial charge in [0.1, 0.15) is 0 Å². The van der Waals surface area contributed by atoms with Gasteiger partial charge in [-0.2, -0.15) is 0 Å². The van der Waals surface area contributed by atoms with E-state index in [9.17, 15) is 9.59 Å². The van der Waals surface area contributed by atoms with Crippen LogP contribution in [0.5, 0.6) is 0 Å². The standard InChI is InChI=1S/C18H29N3O2/c1-5-19-17(22)13-20(6-2)14-18(23)21(15(3)4)12-16-10-8-7-9-11-16/h7-11,15H,5-6,12-14H2,1-4H3,(H,19,22). The van der Waals surface area contributed by atoms with E-state index < -0.39 is 0 Å². The SMILES string of the molecule is CCNC(=O)CN(CC)CC(=O)N(Cc1ccccc1)C(C)C. The minimum Gasteiger partial charge on any atom is -0.355 e. The van der Waals surface area contributed by atoms with Crippen molar-refractivity contribution in [2.45, 2.75) is 40.3 Å². The van der Waals surface area contributed by atoms with Crippen LogP contribution in [0.1, 0.15) is 33.3 Å². The molecule has 0 saturated heterocycles. The molecule has 1 N–H and O–H groups in total. The van der Waals surface area contributed by atoms with E-state index in [1.165, 1.54) is 0 Å². The van der Waals surface area contributed by atoms with Crippen molar-refractivity contribution in [2.24, 2.45) is 0 Å². The molecule has 5 heteroatoms. The third-order valence-electron chi connectivity index (χ3n) is 3.69. The predicted molar refractivity (Wildman–Crippen MR) is 92.9 cm³/mol. The molecule has 0 aromatic heterocycles. The summed E-state index contributed by atoms with van der Waals surface area (Å²) in [7, 11) is 0. The average Bonchev–Trinajstić information content (AvgIpc) is 2.52. The Morgan fingerprint density at radius 3 is 2.26 bits per heavy atom. The number of hydrogen-bond donors (Lipinski definition) is 1. The second-order valence-electron chi connectivity index (χ2n) is 5.86. The van der Waals surface area contributed by atoms with Crippen LogP contribution in [0, 0.1) is 0 Å². The number of hydrogen-bond acceptors (Lipinski definition) is 3. The van der Waals surface area contributed by atoms with Crippen molar-refractivity contribution >= 4 is 11.8 Å². The molecule has 0 heterocycles. The Labute approximate surface area is 139 Å². The van der Waals surface area contributed by atoms with Gasteiger partial charge in [0.2, 0.25) is 11.8 Å². The van der Waals surface area contributed by atoms with Crippen LogP contribution in [-0.2, 0) is 16.1 Å². The van der Waals surface area contributed by atoms with Crippen LogP contribution in [0.25, 0.3) is 0 Å². The van der Waals surface area contributed by atoms with Gasteiger partial charge in [0.15, 0.2) is 0 Å². The number of carbonyl (C=O) groups excluding carboxylic acids is 2. The van der Waals surface area contributed by atoms with Gasteiger partial charge in [0.05, 0.1) is 13.1 Å². The number of likely N-dealkylation sites (N-methyl/N-ethyl adjacent to an activating group) is 2. The van der Waals surface area contributed by atoms with Crippen LogP contribution >= 0.6 is 0 Å². The summed E-state index contributed by atoms with van der Waals surface area (Å²) in [5.41, 5.74) is 1.11. The molecule has 1 aromatic carbocycles. The van der Waals surface area contributed by atoms with Crippen molar-refractivity contribution in [2.75, 3.05) is 26.2 Å². The molecular formula is C18H29N3O2. The van der Waals surface area contributed by atoms with Gasteiger partial charge in [-0.05, 0) is 32.9 Å². The van der Waals surface area contributed by atoms with E-state index in [2.05, 4.69) is 5.32 Å². The van der Waals surface area contributed by atoms with Crippen LogP contribution in [-0.4, -0.2) is 53.8 Å². The minimum atomic E-state index is -0.0405. The van der Waals surface area contributed by atoms with Gasteiger partial charge in [0, 0.05) is 19.1 Å². The first-order chi connectivity index (χ1) is 11.0. The number of benzene rings is 1. The summed E-state index contributed by atoms with van der Waals surface area (Å²) in [6.45, 7) is 10.3. The first kappa shape index (κ1) is 19.2. The van der Waals surface area contributed by atoms with E-state index in [4.69, 9.17) is 0 Å². The van der Waals surface area contributed by atoms with Crippen molar-refractivity contribution in [3.8, 4) is 0 Å². The summed E-state index contributed by atoms with van der Waals surface area (Å²) in [6, 6.07) is 10.1. The minimum absolute atomic E-state index is 0.0405. The fraction of sp³-hybridized carbons (Fsp3) is 0.556. The van der Waals surface area contributed by atoms with E-state index in [0.29, 0.717) is 19.6 Å². The Hall–Kier alpha value is -1.88. The van der Waals surface area contributed by atoms with Gasteiger partial charge in [-0.15, -0.1) is 0 Å². The lowest BCUT2D eigenvalue weighted by atomic mass is 10.2. The third-order valence-corrected chi connectivity index (χ3v) is 3.69. The highest BCUT2D eigenvalue weighted by Crippen LogP contribution is 2.09. The molecule has 0 bridgehead atoms. The van der Waals surface area contributed by atoms with Crippen molar-refractivity contribution in [1.82, 2.24) is 15.1 Å². The molecular weight excluding hydrogens is 290 g/mol. The summed E-state index contributed by atoms with van der Waals surface area (Å²) >= 11 is 0. The topological polar surface area (TPSA) is 52.7 Å². The lowest BCUT2D eigenvalue weighted by Crippen LogP contribution is -2.46. The predicted octanol–water partition coefficient (Wildman–Crippen LogP) is 1.88. The molecule has 0 saturated carbocycles. The monoisotopic (exact) mass is 319 g/mol. The van der Waals surface area contributed by atoms with Crippen LogP contribution in [0.15, 0.2) is 30.3 Å². The lowest BCUT2D eigenvalue weighted by Gasteiger charge is -2.29. The highest BCUT2D eigenvalue weighted by molar-refractivity contribution is 5.81. The third kappa shape index (κ3) is 6.82. The van der Waals surface area contributed by atoms with Gasteiger partial charge in [-0.1, -0.05) is 37.3 Å². The summed E-state index contributed by atoms with van der Waals surface area (Å²) in [6.07, 6.45) is 0. The highest BCUT2D eigenvalue weighted by atomic mass is 16.2. The second kappa shape index (κ2) is 10.0. The van der Waals surface area contributed by atoms with Crippen LogP contribution in [0.4, 0.5) is 0 Å². The van der Waals surface area contributed by atoms with Crippen LogP contribution in [0.3, 0.4) is 0 Å². The van der Waals surface area contributed by atoms with E-state index in [-0.39, 0.29) is 30.9 Å². The van der Waals surface area contributed by atoms with E-state index in [1.807, 2.05) is 67.8 Å². The molecule has 23 heavy (non-hydrogen) atoms. The van der Waals surface area contributed by atoms with Gasteiger partial charge in [-0.25, -0.2) is 0 Å². The zero-order valence-electron chi connectivity index (χ0n) is 14.7. The molecule has 128 valence electrons. The van der Waals surface area contributed by atoms with Gasteiger partial charge in [-0.3, -0.25) is 14.5 Å². The fourth-order valence-corrected chi connectivity index (χ4v) is 2.36. The summed E-state index contributed by atoms with van der Waals surface area (Å²) in [5.74, 6) is 0.0105. The zero-order valence-corrected chi connectivity index (χ0v) is 14.7. The Kier molecular flexibility index (Phi) is 8.33. The van der Waals surface area contributed by atoms with E-state index >= 15 is 0 Å². The zero-order chi connectivity index (χ0) is 17.2. The number of amides is 2. The largest absolute Gasteiger partial charge is 0.355 e.